The minimum Gasteiger partial charge on any atom is -0.399 e. The molecule has 1 aromatic rings. The third kappa shape index (κ3) is 1.36. The summed E-state index contributed by atoms with van der Waals surface area (Å²) >= 11 is 0. The van der Waals surface area contributed by atoms with Crippen LogP contribution in [-0.2, 0) is 0 Å². The number of rotatable bonds is 1. The van der Waals surface area contributed by atoms with Crippen LogP contribution in [0.5, 0.6) is 0 Å². The first-order valence-corrected chi connectivity index (χ1v) is 3.01. The highest BCUT2D eigenvalue weighted by Crippen LogP contribution is 2.16. The van der Waals surface area contributed by atoms with Crippen molar-refractivity contribution in [2.75, 3.05) is 5.73 Å². The Hall–Kier alpha value is -1.59. The lowest BCUT2D eigenvalue weighted by atomic mass is 9.93. The van der Waals surface area contributed by atoms with Crippen molar-refractivity contribution in [2.24, 2.45) is 0 Å². The van der Waals surface area contributed by atoms with Gasteiger partial charge in [0.25, 0.3) is 0 Å². The van der Waals surface area contributed by atoms with E-state index in [0.29, 0.717) is 0 Å². The van der Waals surface area contributed by atoms with Gasteiger partial charge in [-0.3, -0.25) is 10.1 Å². The van der Waals surface area contributed by atoms with Crippen molar-refractivity contribution in [1.29, 1.82) is 0 Å². The van der Waals surface area contributed by atoms with Gasteiger partial charge in [0.15, 0.2) is 0 Å². The molecule has 0 aromatic heterocycles. The number of benzene rings is 1. The van der Waals surface area contributed by atoms with Crippen molar-refractivity contribution in [3.05, 3.63) is 28.1 Å². The van der Waals surface area contributed by atoms with Crippen molar-refractivity contribution >= 4 is 24.7 Å². The molecule has 0 bridgehead atoms. The predicted molar refractivity (Wildman–Crippen MR) is 42.9 cm³/mol. The van der Waals surface area contributed by atoms with E-state index in [2.05, 4.69) is 0 Å². The molecule has 0 heterocycles. The van der Waals surface area contributed by atoms with Crippen LogP contribution >= 0.6 is 0 Å². The summed E-state index contributed by atoms with van der Waals surface area (Å²) in [6.45, 7) is 0. The zero-order valence-corrected chi connectivity index (χ0v) is 5.95. The van der Waals surface area contributed by atoms with Crippen LogP contribution in [-0.4, -0.2) is 12.8 Å². The maximum absolute atomic E-state index is 12.7. The Morgan fingerprint density at radius 2 is 2.17 bits per heavy atom. The number of nitrogens with two attached hydrogens (primary N) is 1. The Morgan fingerprint density at radius 1 is 1.58 bits per heavy atom. The summed E-state index contributed by atoms with van der Waals surface area (Å²) in [6, 6.07) is 1.72. The van der Waals surface area contributed by atoms with Gasteiger partial charge in [0, 0.05) is 17.8 Å². The van der Waals surface area contributed by atoms with E-state index in [1.807, 2.05) is 0 Å². The molecule has 0 spiro atoms. The fourth-order valence-corrected chi connectivity index (χ4v) is 0.733. The average molecular weight is 166 g/mol. The van der Waals surface area contributed by atoms with Crippen LogP contribution in [0.2, 0.25) is 0 Å². The zero-order chi connectivity index (χ0) is 9.30. The SMILES string of the molecule is [B]c1cc([N+](=O)[O-])c(F)cc1N. The Bertz CT molecular complexity index is 343. The number of nitro groups is 1. The topological polar surface area (TPSA) is 69.2 Å². The average Bonchev–Trinajstić information content (AvgIpc) is 1.96. The van der Waals surface area contributed by atoms with E-state index in [4.69, 9.17) is 13.6 Å². The molecular weight excluding hydrogens is 162 g/mol. The second-order valence-electron chi connectivity index (χ2n) is 2.19. The fraction of sp³-hybridized carbons (Fsp3) is 0. The Kier molecular flexibility index (Phi) is 1.99. The van der Waals surface area contributed by atoms with Gasteiger partial charge in [0.1, 0.15) is 7.85 Å². The van der Waals surface area contributed by atoms with Gasteiger partial charge in [0.05, 0.1) is 4.92 Å². The van der Waals surface area contributed by atoms with Gasteiger partial charge >= 0.3 is 5.69 Å². The molecule has 60 valence electrons. The summed E-state index contributed by atoms with van der Waals surface area (Å²) in [7, 11) is 5.23. The maximum atomic E-state index is 12.7. The van der Waals surface area contributed by atoms with Gasteiger partial charge in [0.2, 0.25) is 5.82 Å². The number of hydrogen-bond acceptors (Lipinski definition) is 3. The number of nitro benzene ring substituents is 1. The molecule has 0 fully saturated rings. The second kappa shape index (κ2) is 2.81. The Morgan fingerprint density at radius 3 is 2.67 bits per heavy atom. The van der Waals surface area contributed by atoms with Crippen LogP contribution in [0, 0.1) is 15.9 Å². The molecule has 0 unspecified atom stereocenters. The van der Waals surface area contributed by atoms with E-state index in [0.717, 1.165) is 12.1 Å². The maximum Gasteiger partial charge on any atom is 0.304 e. The summed E-state index contributed by atoms with van der Waals surface area (Å²) < 4.78 is 12.7. The van der Waals surface area contributed by atoms with Crippen LogP contribution in [0.3, 0.4) is 0 Å². The monoisotopic (exact) mass is 166 g/mol. The van der Waals surface area contributed by atoms with Crippen molar-refractivity contribution < 1.29 is 9.31 Å². The number of nitrogens with zero attached hydrogens (tertiary/aromatic N) is 1. The van der Waals surface area contributed by atoms with E-state index in [1.54, 1.807) is 0 Å². The molecule has 0 atom stereocenters. The molecule has 12 heavy (non-hydrogen) atoms. The third-order valence-corrected chi connectivity index (χ3v) is 1.35. The van der Waals surface area contributed by atoms with E-state index in [-0.39, 0.29) is 11.2 Å². The first kappa shape index (κ1) is 8.51. The Balaban J connectivity index is 3.33. The second-order valence-corrected chi connectivity index (χ2v) is 2.19. The largest absolute Gasteiger partial charge is 0.399 e. The lowest BCUT2D eigenvalue weighted by Crippen LogP contribution is -2.11. The van der Waals surface area contributed by atoms with E-state index in [1.165, 1.54) is 0 Å². The van der Waals surface area contributed by atoms with Gasteiger partial charge in [-0.05, 0) is 0 Å². The van der Waals surface area contributed by atoms with Crippen LogP contribution in [0.4, 0.5) is 15.8 Å². The van der Waals surface area contributed by atoms with Gasteiger partial charge in [-0.2, -0.15) is 4.39 Å². The minimum atomic E-state index is -0.980. The molecule has 0 saturated heterocycles. The van der Waals surface area contributed by atoms with Crippen molar-refractivity contribution in [1.82, 2.24) is 0 Å². The first-order valence-electron chi connectivity index (χ1n) is 3.01. The molecule has 2 N–H and O–H groups in total. The van der Waals surface area contributed by atoms with Crippen LogP contribution < -0.4 is 11.2 Å². The molecule has 0 saturated carbocycles. The lowest BCUT2D eigenvalue weighted by Gasteiger charge is -1.99. The number of halogens is 1. The third-order valence-electron chi connectivity index (χ3n) is 1.35. The number of nitrogen functional groups attached to an aromatic ring is 1. The summed E-state index contributed by atoms with van der Waals surface area (Å²) in [5, 5.41) is 10.2. The summed E-state index contributed by atoms with van der Waals surface area (Å²) in [4.78, 5) is 9.30. The Labute approximate surface area is 68.7 Å². The number of hydrogen-bond donors (Lipinski definition) is 1. The van der Waals surface area contributed by atoms with E-state index in [9.17, 15) is 14.5 Å². The minimum absolute atomic E-state index is 0.00176. The van der Waals surface area contributed by atoms with Crippen LogP contribution in [0.15, 0.2) is 12.1 Å². The smallest absolute Gasteiger partial charge is 0.304 e. The molecular formula is C6H4BFN2O2. The predicted octanol–water partition coefficient (Wildman–Crippen LogP) is 0.110. The first-order chi connectivity index (χ1) is 5.52. The van der Waals surface area contributed by atoms with Crippen LogP contribution in [0.1, 0.15) is 0 Å². The molecule has 2 radical (unpaired) electrons. The summed E-state index contributed by atoms with van der Waals surface area (Å²) in [6.07, 6.45) is 0. The van der Waals surface area contributed by atoms with Gasteiger partial charge in [-0.15, -0.1) is 0 Å². The normalized spacial score (nSPS) is 9.75. The highest BCUT2D eigenvalue weighted by Gasteiger charge is 2.14. The summed E-state index contributed by atoms with van der Waals surface area (Å²) in [5.41, 5.74) is 4.54. The van der Waals surface area contributed by atoms with Gasteiger partial charge < -0.3 is 5.73 Å². The number of anilines is 1. The molecule has 0 aliphatic carbocycles. The molecule has 0 amide bonds. The lowest BCUT2D eigenvalue weighted by molar-refractivity contribution is -0.387. The molecule has 0 aliphatic rings. The van der Waals surface area contributed by atoms with Gasteiger partial charge in [-0.25, -0.2) is 0 Å². The van der Waals surface area contributed by atoms with Gasteiger partial charge in [-0.1, -0.05) is 5.46 Å². The highest BCUT2D eigenvalue weighted by atomic mass is 19.1. The van der Waals surface area contributed by atoms with Crippen molar-refractivity contribution in [2.45, 2.75) is 0 Å². The molecule has 6 heteroatoms. The fourth-order valence-electron chi connectivity index (χ4n) is 0.733. The highest BCUT2D eigenvalue weighted by molar-refractivity contribution is 6.35. The van der Waals surface area contributed by atoms with E-state index < -0.39 is 16.4 Å². The van der Waals surface area contributed by atoms with Crippen LogP contribution in [0.25, 0.3) is 0 Å². The van der Waals surface area contributed by atoms with Crippen molar-refractivity contribution in [3.63, 3.8) is 0 Å². The van der Waals surface area contributed by atoms with Crippen molar-refractivity contribution in [3.8, 4) is 0 Å². The van der Waals surface area contributed by atoms with E-state index >= 15 is 0 Å². The standard InChI is InChI=1S/C6H4BFN2O2/c7-3-1-6(10(11)12)4(8)2-5(3)9/h1-2H,9H2. The molecule has 0 aliphatic heterocycles. The molecule has 1 rings (SSSR count). The molecule has 4 nitrogen and oxygen atoms in total. The zero-order valence-electron chi connectivity index (χ0n) is 5.95. The molecule has 1 aromatic carbocycles. The summed E-state index contributed by atoms with van der Waals surface area (Å²) in [5.74, 6) is -0.980. The quantitative estimate of drug-likeness (QED) is 0.278.